The molecule has 1 nitrogen and oxygen atoms in total. The molecule has 0 atom stereocenters. The highest BCUT2D eigenvalue weighted by Gasteiger charge is 2.29. The Morgan fingerprint density at radius 2 is 2.15 bits per heavy atom. The lowest BCUT2D eigenvalue weighted by molar-refractivity contribution is 0.232. The molecular formula is C11H13BrO. The van der Waals surface area contributed by atoms with Crippen molar-refractivity contribution < 1.29 is 4.74 Å². The minimum absolute atomic E-state index is 0.247. The van der Waals surface area contributed by atoms with Gasteiger partial charge in [0, 0.05) is 5.56 Å². The molecule has 0 N–H and O–H groups in total. The molecule has 2 heteroatoms. The lowest BCUT2D eigenvalue weighted by atomic mass is 9.80. The van der Waals surface area contributed by atoms with E-state index in [2.05, 4.69) is 41.9 Å². The summed E-state index contributed by atoms with van der Waals surface area (Å²) in [6, 6.07) is 6.25. The van der Waals surface area contributed by atoms with E-state index in [9.17, 15) is 0 Å². The maximum atomic E-state index is 5.64. The Kier molecular flexibility index (Phi) is 2.11. The highest BCUT2D eigenvalue weighted by Crippen LogP contribution is 2.41. The van der Waals surface area contributed by atoms with Gasteiger partial charge in [-0.2, -0.15) is 0 Å². The zero-order chi connectivity index (χ0) is 9.47. The van der Waals surface area contributed by atoms with Crippen LogP contribution >= 0.6 is 15.9 Å². The Morgan fingerprint density at radius 3 is 2.85 bits per heavy atom. The summed E-state index contributed by atoms with van der Waals surface area (Å²) >= 11 is 3.51. The van der Waals surface area contributed by atoms with Gasteiger partial charge in [0.1, 0.15) is 5.75 Å². The van der Waals surface area contributed by atoms with Crippen molar-refractivity contribution in [3.8, 4) is 5.75 Å². The van der Waals surface area contributed by atoms with Gasteiger partial charge in [-0.3, -0.25) is 0 Å². The van der Waals surface area contributed by atoms with Gasteiger partial charge in [0.25, 0.3) is 0 Å². The summed E-state index contributed by atoms with van der Waals surface area (Å²) < 4.78 is 6.71. The van der Waals surface area contributed by atoms with Gasteiger partial charge in [0.15, 0.2) is 0 Å². The molecule has 70 valence electrons. The average molecular weight is 241 g/mol. The standard InChI is InChI=1S/C11H13BrO/c1-11(2)6-7-13-10-8(11)4-3-5-9(10)12/h3-5H,6-7H2,1-2H3. The first kappa shape index (κ1) is 9.07. The maximum Gasteiger partial charge on any atom is 0.137 e. The summed E-state index contributed by atoms with van der Waals surface area (Å²) in [6.07, 6.45) is 1.09. The second-order valence-corrected chi connectivity index (χ2v) is 4.95. The number of para-hydroxylation sites is 1. The number of rotatable bonds is 0. The highest BCUT2D eigenvalue weighted by atomic mass is 79.9. The van der Waals surface area contributed by atoms with Crippen molar-refractivity contribution in [2.45, 2.75) is 25.7 Å². The van der Waals surface area contributed by atoms with E-state index in [1.165, 1.54) is 5.56 Å². The predicted octanol–water partition coefficient (Wildman–Crippen LogP) is 3.51. The molecule has 0 aliphatic carbocycles. The average Bonchev–Trinajstić information content (AvgIpc) is 2.06. The first-order valence-corrected chi connectivity index (χ1v) is 5.32. The predicted molar refractivity (Wildman–Crippen MR) is 57.3 cm³/mol. The summed E-state index contributed by atoms with van der Waals surface area (Å²) in [4.78, 5) is 0. The van der Waals surface area contributed by atoms with Crippen LogP contribution in [0.5, 0.6) is 5.75 Å². The number of fused-ring (bicyclic) bond motifs is 1. The van der Waals surface area contributed by atoms with E-state index in [0.29, 0.717) is 0 Å². The molecular weight excluding hydrogens is 228 g/mol. The van der Waals surface area contributed by atoms with Crippen LogP contribution in [0.3, 0.4) is 0 Å². The van der Waals surface area contributed by atoms with Crippen molar-refractivity contribution in [1.82, 2.24) is 0 Å². The lowest BCUT2D eigenvalue weighted by Crippen LogP contribution is -2.26. The molecule has 1 aliphatic heterocycles. The number of ether oxygens (including phenoxy) is 1. The maximum absolute atomic E-state index is 5.64. The fraction of sp³-hybridized carbons (Fsp3) is 0.455. The highest BCUT2D eigenvalue weighted by molar-refractivity contribution is 9.10. The first-order valence-electron chi connectivity index (χ1n) is 4.53. The van der Waals surface area contributed by atoms with Gasteiger partial charge in [-0.25, -0.2) is 0 Å². The second kappa shape index (κ2) is 3.02. The van der Waals surface area contributed by atoms with Crippen LogP contribution in [0.4, 0.5) is 0 Å². The van der Waals surface area contributed by atoms with E-state index in [1.807, 2.05) is 6.07 Å². The molecule has 1 aromatic rings. The van der Waals surface area contributed by atoms with E-state index < -0.39 is 0 Å². The van der Waals surface area contributed by atoms with Crippen LogP contribution in [0.1, 0.15) is 25.8 Å². The molecule has 0 saturated carbocycles. The minimum atomic E-state index is 0.247. The van der Waals surface area contributed by atoms with Crippen LogP contribution in [0.25, 0.3) is 0 Å². The van der Waals surface area contributed by atoms with Gasteiger partial charge in [0.05, 0.1) is 11.1 Å². The van der Waals surface area contributed by atoms with Gasteiger partial charge in [0.2, 0.25) is 0 Å². The Labute approximate surface area is 87.2 Å². The molecule has 0 spiro atoms. The van der Waals surface area contributed by atoms with Crippen molar-refractivity contribution >= 4 is 15.9 Å². The third kappa shape index (κ3) is 1.48. The van der Waals surface area contributed by atoms with Gasteiger partial charge >= 0.3 is 0 Å². The number of hydrogen-bond acceptors (Lipinski definition) is 1. The zero-order valence-corrected chi connectivity index (χ0v) is 9.52. The van der Waals surface area contributed by atoms with Crippen molar-refractivity contribution in [2.24, 2.45) is 0 Å². The molecule has 0 saturated heterocycles. The fourth-order valence-corrected chi connectivity index (χ4v) is 2.21. The van der Waals surface area contributed by atoms with Crippen molar-refractivity contribution in [1.29, 1.82) is 0 Å². The Balaban J connectivity index is 2.58. The Morgan fingerprint density at radius 1 is 1.38 bits per heavy atom. The van der Waals surface area contributed by atoms with Crippen LogP contribution < -0.4 is 4.74 Å². The second-order valence-electron chi connectivity index (χ2n) is 4.10. The van der Waals surface area contributed by atoms with Crippen LogP contribution in [-0.4, -0.2) is 6.61 Å². The summed E-state index contributed by atoms with van der Waals surface area (Å²) in [5.41, 5.74) is 1.56. The van der Waals surface area contributed by atoms with E-state index in [-0.39, 0.29) is 5.41 Å². The summed E-state index contributed by atoms with van der Waals surface area (Å²) in [5.74, 6) is 1.03. The number of hydrogen-bond donors (Lipinski definition) is 0. The molecule has 0 aromatic heterocycles. The fourth-order valence-electron chi connectivity index (χ4n) is 1.73. The monoisotopic (exact) mass is 240 g/mol. The molecule has 0 bridgehead atoms. The normalized spacial score (nSPS) is 19.0. The Bertz CT molecular complexity index is 331. The van der Waals surface area contributed by atoms with E-state index in [0.717, 1.165) is 23.2 Å². The van der Waals surface area contributed by atoms with Gasteiger partial charge < -0.3 is 4.74 Å². The van der Waals surface area contributed by atoms with Crippen molar-refractivity contribution in [3.63, 3.8) is 0 Å². The molecule has 13 heavy (non-hydrogen) atoms. The topological polar surface area (TPSA) is 9.23 Å². The summed E-state index contributed by atoms with van der Waals surface area (Å²) in [7, 11) is 0. The van der Waals surface area contributed by atoms with Crippen LogP contribution in [0.2, 0.25) is 0 Å². The first-order chi connectivity index (χ1) is 6.11. The van der Waals surface area contributed by atoms with E-state index >= 15 is 0 Å². The SMILES string of the molecule is CC1(C)CCOc2c(Br)cccc21. The smallest absolute Gasteiger partial charge is 0.137 e. The quantitative estimate of drug-likeness (QED) is 0.675. The lowest BCUT2D eigenvalue weighted by Gasteiger charge is -2.32. The van der Waals surface area contributed by atoms with Gasteiger partial charge in [-0.05, 0) is 33.8 Å². The van der Waals surface area contributed by atoms with Gasteiger partial charge in [-0.15, -0.1) is 0 Å². The number of halogens is 1. The number of benzene rings is 1. The molecule has 1 heterocycles. The summed E-state index contributed by atoms with van der Waals surface area (Å²) in [5, 5.41) is 0. The Hall–Kier alpha value is -0.500. The van der Waals surface area contributed by atoms with E-state index in [4.69, 9.17) is 4.74 Å². The molecule has 0 unspecified atom stereocenters. The molecule has 2 rings (SSSR count). The minimum Gasteiger partial charge on any atom is -0.492 e. The third-order valence-corrected chi connectivity index (χ3v) is 3.29. The summed E-state index contributed by atoms with van der Waals surface area (Å²) in [6.45, 7) is 5.35. The van der Waals surface area contributed by atoms with Crippen molar-refractivity contribution in [3.05, 3.63) is 28.2 Å². The van der Waals surface area contributed by atoms with Gasteiger partial charge in [-0.1, -0.05) is 26.0 Å². The molecule has 0 amide bonds. The van der Waals surface area contributed by atoms with Crippen LogP contribution in [0.15, 0.2) is 22.7 Å². The van der Waals surface area contributed by atoms with Crippen LogP contribution in [0, 0.1) is 0 Å². The molecule has 0 radical (unpaired) electrons. The van der Waals surface area contributed by atoms with Crippen molar-refractivity contribution in [2.75, 3.05) is 6.61 Å². The van der Waals surface area contributed by atoms with E-state index in [1.54, 1.807) is 0 Å². The van der Waals surface area contributed by atoms with Crippen LogP contribution in [-0.2, 0) is 5.41 Å². The third-order valence-electron chi connectivity index (χ3n) is 2.67. The molecule has 0 fully saturated rings. The largest absolute Gasteiger partial charge is 0.492 e. The zero-order valence-electron chi connectivity index (χ0n) is 7.93. The molecule has 1 aliphatic rings. The molecule has 1 aromatic carbocycles.